The van der Waals surface area contributed by atoms with Crippen LogP contribution in [-0.2, 0) is 4.79 Å². The van der Waals surface area contributed by atoms with Gasteiger partial charge in [-0.05, 0) is 71.2 Å². The van der Waals surface area contributed by atoms with Crippen LogP contribution in [0, 0.1) is 6.92 Å². The number of carbonyl (C=O) groups is 1. The SMILES string of the molecule is CC[C@H](C)c1nc2ccc(Br)cc2c(=O)n1N=Cc1cc(Cl)cc(Br)c1OCC(=O)Nc1ccccc1C. The van der Waals surface area contributed by atoms with Gasteiger partial charge in [-0.25, -0.2) is 4.98 Å². The van der Waals surface area contributed by atoms with Crippen LogP contribution >= 0.6 is 43.5 Å². The van der Waals surface area contributed by atoms with Gasteiger partial charge in [0.1, 0.15) is 11.6 Å². The molecule has 1 atom stereocenters. The van der Waals surface area contributed by atoms with E-state index in [-0.39, 0.29) is 24.0 Å². The minimum Gasteiger partial charge on any atom is -0.482 e. The quantitative estimate of drug-likeness (QED) is 0.201. The number of ether oxygens (including phenoxy) is 1. The van der Waals surface area contributed by atoms with Crippen LogP contribution in [0.1, 0.15) is 43.1 Å². The van der Waals surface area contributed by atoms with Crippen LogP contribution < -0.4 is 15.6 Å². The molecule has 38 heavy (non-hydrogen) atoms. The largest absolute Gasteiger partial charge is 0.482 e. The smallest absolute Gasteiger partial charge is 0.282 e. The van der Waals surface area contributed by atoms with Gasteiger partial charge in [-0.15, -0.1) is 0 Å². The number of nitrogens with one attached hydrogen (secondary N) is 1. The summed E-state index contributed by atoms with van der Waals surface area (Å²) < 4.78 is 8.51. The molecule has 7 nitrogen and oxygen atoms in total. The van der Waals surface area contributed by atoms with E-state index in [1.54, 1.807) is 18.2 Å². The van der Waals surface area contributed by atoms with Gasteiger partial charge in [-0.3, -0.25) is 9.59 Å². The molecule has 0 unspecified atom stereocenters. The molecule has 1 aromatic heterocycles. The number of aryl methyl sites for hydroxylation is 1. The predicted octanol–water partition coefficient (Wildman–Crippen LogP) is 7.30. The summed E-state index contributed by atoms with van der Waals surface area (Å²) >= 11 is 13.2. The number of hydrogen-bond donors (Lipinski definition) is 1. The Balaban J connectivity index is 1.69. The molecule has 0 saturated heterocycles. The number of aromatic nitrogens is 2. The lowest BCUT2D eigenvalue weighted by Gasteiger charge is -2.15. The molecule has 0 fully saturated rings. The van der Waals surface area contributed by atoms with Gasteiger partial charge in [0, 0.05) is 26.7 Å². The van der Waals surface area contributed by atoms with Crippen LogP contribution in [0.5, 0.6) is 5.75 Å². The predicted molar refractivity (Wildman–Crippen MR) is 160 cm³/mol. The average molecular weight is 661 g/mol. The molecule has 1 amide bonds. The number of carbonyl (C=O) groups excluding carboxylic acids is 1. The normalized spacial score (nSPS) is 12.2. The zero-order valence-corrected chi connectivity index (χ0v) is 24.9. The van der Waals surface area contributed by atoms with Crippen molar-refractivity contribution in [3.8, 4) is 5.75 Å². The fraction of sp³-hybridized carbons (Fsp3) is 0.214. The monoisotopic (exact) mass is 658 g/mol. The van der Waals surface area contributed by atoms with E-state index in [0.29, 0.717) is 43.2 Å². The third-order valence-corrected chi connectivity index (χ3v) is 7.30. The summed E-state index contributed by atoms with van der Waals surface area (Å²) in [4.78, 5) is 30.8. The number of hydrogen-bond acceptors (Lipinski definition) is 5. The van der Waals surface area contributed by atoms with Crippen LogP contribution in [0.25, 0.3) is 10.9 Å². The highest BCUT2D eigenvalue weighted by atomic mass is 79.9. The van der Waals surface area contributed by atoms with E-state index in [2.05, 4.69) is 42.3 Å². The van der Waals surface area contributed by atoms with E-state index < -0.39 is 0 Å². The number of para-hydroxylation sites is 1. The van der Waals surface area contributed by atoms with Crippen molar-refractivity contribution in [2.75, 3.05) is 11.9 Å². The number of amides is 1. The molecule has 0 aliphatic carbocycles. The Labute approximate surface area is 242 Å². The molecule has 0 saturated carbocycles. The number of nitrogens with zero attached hydrogens (tertiary/aromatic N) is 3. The van der Waals surface area contributed by atoms with Gasteiger partial charge in [0.05, 0.1) is 21.6 Å². The van der Waals surface area contributed by atoms with Gasteiger partial charge < -0.3 is 10.1 Å². The van der Waals surface area contributed by atoms with Crippen LogP contribution in [-0.4, -0.2) is 28.4 Å². The zero-order valence-electron chi connectivity index (χ0n) is 21.0. The summed E-state index contributed by atoms with van der Waals surface area (Å²) in [6.07, 6.45) is 2.26. The minimum atomic E-state index is -0.316. The first-order chi connectivity index (χ1) is 18.2. The van der Waals surface area contributed by atoms with Gasteiger partial charge >= 0.3 is 0 Å². The van der Waals surface area contributed by atoms with Crippen molar-refractivity contribution < 1.29 is 9.53 Å². The Hall–Kier alpha value is -3.01. The summed E-state index contributed by atoms with van der Waals surface area (Å²) in [6.45, 7) is 5.70. The van der Waals surface area contributed by atoms with Crippen molar-refractivity contribution in [2.24, 2.45) is 5.10 Å². The Morgan fingerprint density at radius 3 is 2.71 bits per heavy atom. The highest BCUT2D eigenvalue weighted by Crippen LogP contribution is 2.32. The highest BCUT2D eigenvalue weighted by Gasteiger charge is 2.17. The first-order valence-corrected chi connectivity index (χ1v) is 13.9. The standard InChI is InChI=1S/C28H25Br2ClN4O3/c1-4-16(2)27-34-24-10-9-19(29)12-21(24)28(37)35(27)32-14-18-11-20(31)13-22(30)26(18)38-15-25(36)33-23-8-6-5-7-17(23)3/h5-14,16H,4,15H2,1-3H3,(H,33,36)/t16-/m0/s1. The van der Waals surface area contributed by atoms with E-state index in [0.717, 1.165) is 16.5 Å². The number of halogens is 3. The second kappa shape index (κ2) is 12.2. The van der Waals surface area contributed by atoms with Gasteiger partial charge in [-0.2, -0.15) is 9.78 Å². The molecule has 4 rings (SSSR count). The van der Waals surface area contributed by atoms with E-state index >= 15 is 0 Å². The van der Waals surface area contributed by atoms with Crippen LogP contribution in [0.4, 0.5) is 5.69 Å². The van der Waals surface area contributed by atoms with Crippen LogP contribution in [0.2, 0.25) is 5.02 Å². The summed E-state index contributed by atoms with van der Waals surface area (Å²) in [5.74, 6) is 0.584. The van der Waals surface area contributed by atoms with Crippen LogP contribution in [0.3, 0.4) is 0 Å². The van der Waals surface area contributed by atoms with Gasteiger partial charge in [0.2, 0.25) is 0 Å². The van der Waals surface area contributed by atoms with Crippen molar-refractivity contribution in [2.45, 2.75) is 33.1 Å². The van der Waals surface area contributed by atoms with Crippen molar-refractivity contribution in [3.63, 3.8) is 0 Å². The maximum Gasteiger partial charge on any atom is 0.282 e. The van der Waals surface area contributed by atoms with Crippen molar-refractivity contribution in [3.05, 3.63) is 95.9 Å². The minimum absolute atomic E-state index is 0.0140. The molecule has 1 heterocycles. The summed E-state index contributed by atoms with van der Waals surface area (Å²) in [5, 5.41) is 8.24. The maximum atomic E-state index is 13.4. The van der Waals surface area contributed by atoms with E-state index in [4.69, 9.17) is 21.3 Å². The molecule has 196 valence electrons. The van der Waals surface area contributed by atoms with E-state index in [9.17, 15) is 9.59 Å². The highest BCUT2D eigenvalue weighted by molar-refractivity contribution is 9.10. The number of fused-ring (bicyclic) bond motifs is 1. The molecule has 3 aromatic carbocycles. The third kappa shape index (κ3) is 6.34. The van der Waals surface area contributed by atoms with Gasteiger partial charge in [-0.1, -0.05) is 59.6 Å². The molecule has 0 aliphatic rings. The molecule has 0 aliphatic heterocycles. The van der Waals surface area contributed by atoms with Gasteiger partial charge in [0.15, 0.2) is 6.61 Å². The molecule has 0 radical (unpaired) electrons. The van der Waals surface area contributed by atoms with Crippen molar-refractivity contribution in [1.29, 1.82) is 0 Å². The molecular formula is C28H25Br2ClN4O3. The lowest BCUT2D eigenvalue weighted by Crippen LogP contribution is -2.24. The number of benzene rings is 3. The lowest BCUT2D eigenvalue weighted by atomic mass is 10.1. The van der Waals surface area contributed by atoms with Crippen molar-refractivity contribution >= 4 is 72.2 Å². The molecular weight excluding hydrogens is 636 g/mol. The Bertz CT molecular complexity index is 1600. The zero-order chi connectivity index (χ0) is 27.4. The Morgan fingerprint density at radius 1 is 1.21 bits per heavy atom. The maximum absolute atomic E-state index is 13.4. The van der Waals surface area contributed by atoms with E-state index in [1.807, 2.05) is 57.2 Å². The number of rotatable bonds is 8. The van der Waals surface area contributed by atoms with Crippen LogP contribution in [0.15, 0.2) is 73.4 Å². The first-order valence-electron chi connectivity index (χ1n) is 11.9. The Kier molecular flexibility index (Phi) is 9.02. The Morgan fingerprint density at radius 2 is 1.97 bits per heavy atom. The van der Waals surface area contributed by atoms with E-state index in [1.165, 1.54) is 10.9 Å². The summed E-state index contributed by atoms with van der Waals surface area (Å²) in [5.41, 5.74) is 2.47. The average Bonchev–Trinajstić information content (AvgIpc) is 2.88. The fourth-order valence-electron chi connectivity index (χ4n) is 3.76. The van der Waals surface area contributed by atoms with Gasteiger partial charge in [0.25, 0.3) is 11.5 Å². The topological polar surface area (TPSA) is 85.6 Å². The molecule has 0 spiro atoms. The fourth-order valence-corrected chi connectivity index (χ4v) is 5.07. The molecule has 4 aromatic rings. The number of anilines is 1. The lowest BCUT2D eigenvalue weighted by molar-refractivity contribution is -0.118. The summed E-state index contributed by atoms with van der Waals surface area (Å²) in [6, 6.07) is 16.2. The van der Waals surface area contributed by atoms with Crippen molar-refractivity contribution in [1.82, 2.24) is 9.66 Å². The second-order valence-electron chi connectivity index (χ2n) is 8.76. The molecule has 1 N–H and O–H groups in total. The first kappa shape index (κ1) is 28.0. The summed E-state index contributed by atoms with van der Waals surface area (Å²) in [7, 11) is 0. The molecule has 10 heteroatoms. The molecule has 0 bridgehead atoms. The second-order valence-corrected chi connectivity index (χ2v) is 11.0. The third-order valence-electron chi connectivity index (χ3n) is 6.00.